The Morgan fingerprint density at radius 2 is 2.27 bits per heavy atom. The molecule has 1 aromatic carbocycles. The van der Waals surface area contributed by atoms with E-state index < -0.39 is 0 Å². The molecule has 0 saturated carbocycles. The number of hydrogen-bond acceptors (Lipinski definition) is 5. The van der Waals surface area contributed by atoms with Gasteiger partial charge in [-0.2, -0.15) is 0 Å². The predicted molar refractivity (Wildman–Crippen MR) is 92.7 cm³/mol. The Bertz CT molecular complexity index is 589. The highest BCUT2D eigenvalue weighted by atomic mass is 32.2. The van der Waals surface area contributed by atoms with Crippen molar-refractivity contribution in [1.82, 2.24) is 10.3 Å². The van der Waals surface area contributed by atoms with Crippen LogP contribution in [-0.4, -0.2) is 35.8 Å². The molecule has 0 aliphatic carbocycles. The molecule has 0 spiro atoms. The molecule has 116 valence electrons. The predicted octanol–water partition coefficient (Wildman–Crippen LogP) is 3.02. The SMILES string of the molecule is O=C(CCSc1ccccc1)NC1CCN(c2nccs2)C1. The first-order valence-electron chi connectivity index (χ1n) is 7.43. The van der Waals surface area contributed by atoms with Crippen molar-refractivity contribution in [3.05, 3.63) is 41.9 Å². The van der Waals surface area contributed by atoms with Crippen molar-refractivity contribution in [1.29, 1.82) is 0 Å². The van der Waals surface area contributed by atoms with Crippen LogP contribution >= 0.6 is 23.1 Å². The molecular formula is C16H19N3OS2. The second kappa shape index (κ2) is 7.65. The molecule has 1 atom stereocenters. The molecule has 3 rings (SSSR count). The molecule has 1 aliphatic rings. The number of hydrogen-bond donors (Lipinski definition) is 1. The number of benzene rings is 1. The third-order valence-corrected chi connectivity index (χ3v) is 5.43. The molecule has 0 bridgehead atoms. The van der Waals surface area contributed by atoms with Gasteiger partial charge in [-0.25, -0.2) is 4.98 Å². The van der Waals surface area contributed by atoms with Crippen LogP contribution in [-0.2, 0) is 4.79 Å². The normalized spacial score (nSPS) is 17.6. The van der Waals surface area contributed by atoms with E-state index in [1.54, 1.807) is 23.1 Å². The largest absolute Gasteiger partial charge is 0.351 e. The average Bonchev–Trinajstić information content (AvgIpc) is 3.19. The molecule has 0 radical (unpaired) electrons. The van der Waals surface area contributed by atoms with Crippen molar-refractivity contribution in [3.8, 4) is 0 Å². The minimum absolute atomic E-state index is 0.148. The Morgan fingerprint density at radius 3 is 3.05 bits per heavy atom. The highest BCUT2D eigenvalue weighted by Crippen LogP contribution is 2.22. The number of rotatable bonds is 6. The molecule has 2 aromatic rings. The maximum atomic E-state index is 12.0. The third kappa shape index (κ3) is 4.24. The highest BCUT2D eigenvalue weighted by molar-refractivity contribution is 7.99. The van der Waals surface area contributed by atoms with Crippen LogP contribution in [0.2, 0.25) is 0 Å². The lowest BCUT2D eigenvalue weighted by Gasteiger charge is -2.15. The average molecular weight is 333 g/mol. The first kappa shape index (κ1) is 15.4. The molecule has 1 amide bonds. The number of amides is 1. The Labute approximate surface area is 138 Å². The summed E-state index contributed by atoms with van der Waals surface area (Å²) in [6, 6.07) is 10.4. The number of aromatic nitrogens is 1. The van der Waals surface area contributed by atoms with Crippen LogP contribution in [0.4, 0.5) is 5.13 Å². The number of carbonyl (C=O) groups excluding carboxylic acids is 1. The van der Waals surface area contributed by atoms with Gasteiger partial charge in [-0.1, -0.05) is 18.2 Å². The Hall–Kier alpha value is -1.53. The Kier molecular flexibility index (Phi) is 5.34. The van der Waals surface area contributed by atoms with Crippen LogP contribution in [0.3, 0.4) is 0 Å². The van der Waals surface area contributed by atoms with Crippen molar-refractivity contribution in [3.63, 3.8) is 0 Å². The van der Waals surface area contributed by atoms with E-state index in [4.69, 9.17) is 0 Å². The Balaban J connectivity index is 1.37. The van der Waals surface area contributed by atoms with Gasteiger partial charge in [-0.05, 0) is 18.6 Å². The van der Waals surface area contributed by atoms with Crippen molar-refractivity contribution in [2.75, 3.05) is 23.7 Å². The van der Waals surface area contributed by atoms with Crippen molar-refractivity contribution < 1.29 is 4.79 Å². The van der Waals surface area contributed by atoms with Gasteiger partial charge in [-0.15, -0.1) is 23.1 Å². The quantitative estimate of drug-likeness (QED) is 0.826. The summed E-state index contributed by atoms with van der Waals surface area (Å²) >= 11 is 3.38. The number of thiazole rings is 1. The highest BCUT2D eigenvalue weighted by Gasteiger charge is 2.25. The van der Waals surface area contributed by atoms with Gasteiger partial charge < -0.3 is 10.2 Å². The summed E-state index contributed by atoms with van der Waals surface area (Å²) < 4.78 is 0. The summed E-state index contributed by atoms with van der Waals surface area (Å²) in [6.07, 6.45) is 3.39. The van der Waals surface area contributed by atoms with Crippen LogP contribution in [0.1, 0.15) is 12.8 Å². The molecule has 1 fully saturated rings. The second-order valence-electron chi connectivity index (χ2n) is 5.23. The number of anilines is 1. The van der Waals surface area contributed by atoms with E-state index in [1.807, 2.05) is 29.8 Å². The summed E-state index contributed by atoms with van der Waals surface area (Å²) in [5.74, 6) is 0.966. The number of nitrogens with zero attached hydrogens (tertiary/aromatic N) is 2. The molecule has 2 heterocycles. The van der Waals surface area contributed by atoms with E-state index in [0.29, 0.717) is 6.42 Å². The first-order valence-corrected chi connectivity index (χ1v) is 9.29. The monoisotopic (exact) mass is 333 g/mol. The molecule has 22 heavy (non-hydrogen) atoms. The van der Waals surface area contributed by atoms with Gasteiger partial charge in [0, 0.05) is 47.8 Å². The first-order chi connectivity index (χ1) is 10.8. The molecule has 4 nitrogen and oxygen atoms in total. The summed E-state index contributed by atoms with van der Waals surface area (Å²) in [4.78, 5) is 19.8. The van der Waals surface area contributed by atoms with Crippen LogP contribution < -0.4 is 10.2 Å². The lowest BCUT2D eigenvalue weighted by Crippen LogP contribution is -2.37. The molecule has 1 aromatic heterocycles. The maximum absolute atomic E-state index is 12.0. The fourth-order valence-corrected chi connectivity index (χ4v) is 4.05. The molecule has 6 heteroatoms. The molecule has 1 N–H and O–H groups in total. The van der Waals surface area contributed by atoms with Gasteiger partial charge in [0.2, 0.25) is 5.91 Å². The van der Waals surface area contributed by atoms with E-state index in [0.717, 1.165) is 30.4 Å². The van der Waals surface area contributed by atoms with Crippen molar-refractivity contribution in [2.24, 2.45) is 0 Å². The minimum atomic E-state index is 0.148. The Morgan fingerprint density at radius 1 is 1.41 bits per heavy atom. The second-order valence-corrected chi connectivity index (χ2v) is 7.27. The molecule has 1 saturated heterocycles. The van der Waals surface area contributed by atoms with Gasteiger partial charge in [0.25, 0.3) is 0 Å². The number of thioether (sulfide) groups is 1. The van der Waals surface area contributed by atoms with Crippen molar-refractivity contribution >= 4 is 34.1 Å². The van der Waals surface area contributed by atoms with Gasteiger partial charge in [0.05, 0.1) is 0 Å². The lowest BCUT2D eigenvalue weighted by molar-refractivity contribution is -0.121. The fraction of sp³-hybridized carbons (Fsp3) is 0.375. The van der Waals surface area contributed by atoms with Gasteiger partial charge >= 0.3 is 0 Å². The summed E-state index contributed by atoms with van der Waals surface area (Å²) in [5.41, 5.74) is 0. The maximum Gasteiger partial charge on any atom is 0.221 e. The zero-order valence-corrected chi connectivity index (χ0v) is 13.9. The molecule has 1 unspecified atom stereocenters. The van der Waals surface area contributed by atoms with Gasteiger partial charge in [0.15, 0.2) is 5.13 Å². The lowest BCUT2D eigenvalue weighted by atomic mass is 10.2. The third-order valence-electron chi connectivity index (χ3n) is 3.58. The van der Waals surface area contributed by atoms with Gasteiger partial charge in [0.1, 0.15) is 0 Å². The van der Waals surface area contributed by atoms with Gasteiger partial charge in [-0.3, -0.25) is 4.79 Å². The van der Waals surface area contributed by atoms with E-state index in [2.05, 4.69) is 27.3 Å². The zero-order chi connectivity index (χ0) is 15.2. The zero-order valence-electron chi connectivity index (χ0n) is 12.3. The minimum Gasteiger partial charge on any atom is -0.351 e. The van der Waals surface area contributed by atoms with Crippen LogP contribution in [0.5, 0.6) is 0 Å². The molecule has 1 aliphatic heterocycles. The van der Waals surface area contributed by atoms with Crippen molar-refractivity contribution in [2.45, 2.75) is 23.8 Å². The smallest absolute Gasteiger partial charge is 0.221 e. The standard InChI is InChI=1S/C16H19N3OS2/c20-15(7-10-21-14-4-2-1-3-5-14)18-13-6-9-19(12-13)16-17-8-11-22-16/h1-5,8,11,13H,6-7,9-10,12H2,(H,18,20). The topological polar surface area (TPSA) is 45.2 Å². The fourth-order valence-electron chi connectivity index (χ4n) is 2.50. The molecular weight excluding hydrogens is 314 g/mol. The number of carbonyl (C=O) groups is 1. The summed E-state index contributed by atoms with van der Waals surface area (Å²) in [5, 5.41) is 6.18. The summed E-state index contributed by atoms with van der Waals surface area (Å²) in [6.45, 7) is 1.84. The summed E-state index contributed by atoms with van der Waals surface area (Å²) in [7, 11) is 0. The van der Waals surface area contributed by atoms with E-state index in [9.17, 15) is 4.79 Å². The number of nitrogens with one attached hydrogen (secondary N) is 1. The van der Waals surface area contributed by atoms with E-state index >= 15 is 0 Å². The van der Waals surface area contributed by atoms with E-state index in [1.165, 1.54) is 4.90 Å². The van der Waals surface area contributed by atoms with Crippen LogP contribution in [0.15, 0.2) is 46.8 Å². The van der Waals surface area contributed by atoms with E-state index in [-0.39, 0.29) is 11.9 Å². The van der Waals surface area contributed by atoms with Crippen LogP contribution in [0.25, 0.3) is 0 Å². The van der Waals surface area contributed by atoms with Crippen LogP contribution in [0, 0.1) is 0 Å².